The van der Waals surface area contributed by atoms with Crippen LogP contribution < -0.4 is 16.8 Å². The van der Waals surface area contributed by atoms with Crippen molar-refractivity contribution >= 4 is 28.8 Å². The number of halogens is 1. The number of thiophene rings is 1. The van der Waals surface area contributed by atoms with Crippen molar-refractivity contribution in [2.24, 2.45) is 5.73 Å². The molecular formula is C23H20FN5O2S. The number of anilines is 1. The first-order valence-corrected chi connectivity index (χ1v) is 10.6. The first-order chi connectivity index (χ1) is 15.3. The highest BCUT2D eigenvalue weighted by molar-refractivity contribution is 7.13. The summed E-state index contributed by atoms with van der Waals surface area (Å²) in [6.45, 7) is 2.00. The molecule has 5 N–H and O–H groups in total. The van der Waals surface area contributed by atoms with Crippen molar-refractivity contribution in [2.75, 3.05) is 5.73 Å². The Labute approximate surface area is 187 Å². The SMILES string of the molecule is Cc1ccc(F)cc1C(=O)NCc1ccc(-n2nc(-c3cccs3)c(N)c2C(N)=O)cc1. The van der Waals surface area contributed by atoms with Crippen LogP contribution in [0.15, 0.2) is 60.0 Å². The number of hydrogen-bond acceptors (Lipinski definition) is 5. The summed E-state index contributed by atoms with van der Waals surface area (Å²) in [5, 5.41) is 9.18. The Bertz CT molecular complexity index is 1300. The fourth-order valence-electron chi connectivity index (χ4n) is 3.32. The second-order valence-corrected chi connectivity index (χ2v) is 8.12. The molecule has 4 aromatic rings. The van der Waals surface area contributed by atoms with Crippen LogP contribution in [0, 0.1) is 12.7 Å². The van der Waals surface area contributed by atoms with Crippen LogP contribution >= 0.6 is 11.3 Å². The highest BCUT2D eigenvalue weighted by Crippen LogP contribution is 2.32. The number of hydrogen-bond donors (Lipinski definition) is 3. The molecule has 0 fully saturated rings. The molecule has 0 unspecified atom stereocenters. The number of amides is 2. The Morgan fingerprint density at radius 3 is 2.56 bits per heavy atom. The summed E-state index contributed by atoms with van der Waals surface area (Å²) in [4.78, 5) is 25.3. The zero-order valence-corrected chi connectivity index (χ0v) is 17.9. The normalized spacial score (nSPS) is 10.8. The van der Waals surface area contributed by atoms with E-state index in [0.29, 0.717) is 22.5 Å². The molecule has 0 bridgehead atoms. The van der Waals surface area contributed by atoms with Crippen LogP contribution in [0.2, 0.25) is 0 Å². The van der Waals surface area contributed by atoms with Crippen molar-refractivity contribution in [3.63, 3.8) is 0 Å². The number of nitrogen functional groups attached to an aromatic ring is 1. The molecule has 4 rings (SSSR count). The van der Waals surface area contributed by atoms with Crippen LogP contribution in [0.1, 0.15) is 32.0 Å². The number of aryl methyl sites for hydroxylation is 1. The number of nitrogens with zero attached hydrogens (tertiary/aromatic N) is 2. The topological polar surface area (TPSA) is 116 Å². The van der Waals surface area contributed by atoms with Gasteiger partial charge in [0.1, 0.15) is 11.5 Å². The van der Waals surface area contributed by atoms with Crippen LogP contribution in [-0.4, -0.2) is 21.6 Å². The van der Waals surface area contributed by atoms with E-state index in [0.717, 1.165) is 10.4 Å². The number of rotatable bonds is 6. The predicted octanol–water partition coefficient (Wildman–Crippen LogP) is 3.66. The number of aromatic nitrogens is 2. The lowest BCUT2D eigenvalue weighted by atomic mass is 10.1. The first-order valence-electron chi connectivity index (χ1n) is 9.71. The maximum Gasteiger partial charge on any atom is 0.269 e. The van der Waals surface area contributed by atoms with E-state index in [-0.39, 0.29) is 23.8 Å². The van der Waals surface area contributed by atoms with E-state index in [4.69, 9.17) is 11.5 Å². The largest absolute Gasteiger partial charge is 0.395 e. The summed E-state index contributed by atoms with van der Waals surface area (Å²) in [5.41, 5.74) is 15.0. The van der Waals surface area contributed by atoms with E-state index in [2.05, 4.69) is 10.4 Å². The Hall–Kier alpha value is -3.98. The first kappa shape index (κ1) is 21.3. The van der Waals surface area contributed by atoms with Gasteiger partial charge < -0.3 is 16.8 Å². The molecule has 0 aliphatic heterocycles. The summed E-state index contributed by atoms with van der Waals surface area (Å²) in [6.07, 6.45) is 0. The molecule has 0 atom stereocenters. The van der Waals surface area contributed by atoms with Crippen molar-refractivity contribution in [3.05, 3.63) is 88.2 Å². The van der Waals surface area contributed by atoms with E-state index < -0.39 is 11.7 Å². The lowest BCUT2D eigenvalue weighted by Gasteiger charge is -2.09. The summed E-state index contributed by atoms with van der Waals surface area (Å²) in [7, 11) is 0. The molecule has 9 heteroatoms. The van der Waals surface area contributed by atoms with Crippen molar-refractivity contribution in [2.45, 2.75) is 13.5 Å². The average Bonchev–Trinajstić information content (AvgIpc) is 3.42. The molecule has 2 aromatic carbocycles. The van der Waals surface area contributed by atoms with Gasteiger partial charge >= 0.3 is 0 Å². The van der Waals surface area contributed by atoms with Gasteiger partial charge in [-0.3, -0.25) is 9.59 Å². The third kappa shape index (κ3) is 4.10. The lowest BCUT2D eigenvalue weighted by Crippen LogP contribution is -2.23. The van der Waals surface area contributed by atoms with Gasteiger partial charge in [0.15, 0.2) is 5.69 Å². The standard InChI is InChI=1S/C23H20FN5O2S/c1-13-4-7-15(24)11-17(13)23(31)27-12-14-5-8-16(9-6-14)29-21(22(26)30)19(25)20(28-29)18-3-2-10-32-18/h2-11H,12,25H2,1H3,(H2,26,30)(H,27,31). The second kappa shape index (κ2) is 8.64. The maximum absolute atomic E-state index is 13.5. The molecule has 0 radical (unpaired) electrons. The molecule has 162 valence electrons. The van der Waals surface area contributed by atoms with Crippen molar-refractivity contribution in [1.29, 1.82) is 0 Å². The summed E-state index contributed by atoms with van der Waals surface area (Å²) >= 11 is 1.46. The van der Waals surface area contributed by atoms with E-state index in [1.54, 1.807) is 37.3 Å². The summed E-state index contributed by atoms with van der Waals surface area (Å²) in [5.74, 6) is -1.50. The number of benzene rings is 2. The van der Waals surface area contributed by atoms with E-state index in [9.17, 15) is 14.0 Å². The molecule has 2 aromatic heterocycles. The number of carbonyl (C=O) groups excluding carboxylic acids is 2. The van der Waals surface area contributed by atoms with Crippen molar-refractivity contribution < 1.29 is 14.0 Å². The number of nitrogens with one attached hydrogen (secondary N) is 1. The molecule has 0 aliphatic rings. The minimum atomic E-state index is -0.681. The van der Waals surface area contributed by atoms with Gasteiger partial charge in [-0.15, -0.1) is 11.3 Å². The number of primary amides is 1. The van der Waals surface area contributed by atoms with Gasteiger partial charge in [-0.2, -0.15) is 5.10 Å². The molecule has 0 saturated heterocycles. The van der Waals surface area contributed by atoms with Crippen molar-refractivity contribution in [1.82, 2.24) is 15.1 Å². The quantitative estimate of drug-likeness (QED) is 0.416. The highest BCUT2D eigenvalue weighted by Gasteiger charge is 2.22. The van der Waals surface area contributed by atoms with Crippen LogP contribution in [0.25, 0.3) is 16.3 Å². The smallest absolute Gasteiger partial charge is 0.269 e. The van der Waals surface area contributed by atoms with Gasteiger partial charge in [0.05, 0.1) is 16.3 Å². The van der Waals surface area contributed by atoms with Gasteiger partial charge in [0.2, 0.25) is 0 Å². The molecule has 0 aliphatic carbocycles. The third-order valence-corrected chi connectivity index (χ3v) is 5.86. The van der Waals surface area contributed by atoms with E-state index >= 15 is 0 Å². The number of nitrogens with two attached hydrogens (primary N) is 2. The molecule has 2 amide bonds. The molecule has 2 heterocycles. The fraction of sp³-hybridized carbons (Fsp3) is 0.0870. The molecule has 0 spiro atoms. The monoisotopic (exact) mass is 449 g/mol. The van der Waals surface area contributed by atoms with Crippen LogP contribution in [0.4, 0.5) is 10.1 Å². The van der Waals surface area contributed by atoms with Crippen LogP contribution in [-0.2, 0) is 6.54 Å². The zero-order chi connectivity index (χ0) is 22.8. The Kier molecular flexibility index (Phi) is 5.74. The predicted molar refractivity (Wildman–Crippen MR) is 122 cm³/mol. The average molecular weight is 450 g/mol. The zero-order valence-electron chi connectivity index (χ0n) is 17.1. The minimum Gasteiger partial charge on any atom is -0.395 e. The van der Waals surface area contributed by atoms with E-state index in [1.165, 1.54) is 28.2 Å². The van der Waals surface area contributed by atoms with Gasteiger partial charge in [-0.1, -0.05) is 24.3 Å². The Morgan fingerprint density at radius 1 is 1.16 bits per heavy atom. The van der Waals surface area contributed by atoms with Gasteiger partial charge in [-0.25, -0.2) is 9.07 Å². The fourth-order valence-corrected chi connectivity index (χ4v) is 4.04. The third-order valence-electron chi connectivity index (χ3n) is 4.99. The van der Waals surface area contributed by atoms with Gasteiger partial charge in [0, 0.05) is 12.1 Å². The molecule has 32 heavy (non-hydrogen) atoms. The number of carbonyl (C=O) groups is 2. The molecule has 7 nitrogen and oxygen atoms in total. The van der Waals surface area contributed by atoms with Crippen LogP contribution in [0.3, 0.4) is 0 Å². The molecular weight excluding hydrogens is 429 g/mol. The summed E-state index contributed by atoms with van der Waals surface area (Å²) in [6, 6.07) is 14.9. The van der Waals surface area contributed by atoms with Gasteiger partial charge in [0.25, 0.3) is 11.8 Å². The summed E-state index contributed by atoms with van der Waals surface area (Å²) < 4.78 is 14.9. The maximum atomic E-state index is 13.5. The Morgan fingerprint density at radius 2 is 1.91 bits per heavy atom. The second-order valence-electron chi connectivity index (χ2n) is 7.17. The highest BCUT2D eigenvalue weighted by atomic mass is 32.1. The van der Waals surface area contributed by atoms with E-state index in [1.807, 2.05) is 17.5 Å². The van der Waals surface area contributed by atoms with Crippen molar-refractivity contribution in [3.8, 4) is 16.3 Å². The molecule has 0 saturated carbocycles. The van der Waals surface area contributed by atoms with Gasteiger partial charge in [-0.05, 0) is 53.8 Å². The lowest BCUT2D eigenvalue weighted by molar-refractivity contribution is 0.0948. The Balaban J connectivity index is 1.55. The van der Waals surface area contributed by atoms with Crippen LogP contribution in [0.5, 0.6) is 0 Å². The minimum absolute atomic E-state index is 0.107.